The summed E-state index contributed by atoms with van der Waals surface area (Å²) >= 11 is 0. The summed E-state index contributed by atoms with van der Waals surface area (Å²) in [6.45, 7) is 4.45. The van der Waals surface area contributed by atoms with Gasteiger partial charge in [0.05, 0.1) is 12.2 Å². The summed E-state index contributed by atoms with van der Waals surface area (Å²) in [5.41, 5.74) is 0.656. The van der Waals surface area contributed by atoms with Gasteiger partial charge < -0.3 is 5.32 Å². The van der Waals surface area contributed by atoms with E-state index in [1.165, 1.54) is 4.90 Å². The number of aromatic nitrogens is 1. The molecule has 0 aliphatic carbocycles. The molecule has 1 N–H and O–H groups in total. The highest BCUT2D eigenvalue weighted by atomic mass is 19.4. The number of halogens is 3. The Kier molecular flexibility index (Phi) is 6.78. The lowest BCUT2D eigenvalue weighted by atomic mass is 10.3. The normalized spacial score (nSPS) is 11.9. The van der Waals surface area contributed by atoms with E-state index in [1.807, 2.05) is 26.0 Å². The van der Waals surface area contributed by atoms with Crippen LogP contribution in [-0.2, 0) is 6.54 Å². The molecule has 20 heavy (non-hydrogen) atoms. The Balaban J connectivity index is 2.67. The van der Waals surface area contributed by atoms with Gasteiger partial charge in [0, 0.05) is 13.1 Å². The van der Waals surface area contributed by atoms with Crippen molar-refractivity contribution in [2.45, 2.75) is 39.4 Å². The highest BCUT2D eigenvalue weighted by Crippen LogP contribution is 2.18. The van der Waals surface area contributed by atoms with Gasteiger partial charge in [-0.05, 0) is 31.5 Å². The number of hydrogen-bond donors (Lipinski definition) is 1. The Morgan fingerprint density at radius 2 is 1.95 bits per heavy atom. The summed E-state index contributed by atoms with van der Waals surface area (Å²) in [6.07, 6.45) is -2.51. The van der Waals surface area contributed by atoms with E-state index in [1.54, 1.807) is 6.07 Å². The van der Waals surface area contributed by atoms with Crippen molar-refractivity contribution in [2.75, 3.05) is 25.0 Å². The molecule has 0 unspecified atom stereocenters. The third-order valence-corrected chi connectivity index (χ3v) is 2.69. The molecule has 0 atom stereocenters. The molecule has 1 aromatic rings. The van der Waals surface area contributed by atoms with E-state index in [2.05, 4.69) is 10.3 Å². The Labute approximate surface area is 118 Å². The first-order valence-electron chi connectivity index (χ1n) is 6.93. The van der Waals surface area contributed by atoms with Gasteiger partial charge in [-0.25, -0.2) is 4.98 Å². The molecule has 0 amide bonds. The SMILES string of the molecule is CCCNc1cccc(CN(CCC)CC(F)(F)F)n1. The van der Waals surface area contributed by atoms with Crippen LogP contribution in [0.1, 0.15) is 32.4 Å². The summed E-state index contributed by atoms with van der Waals surface area (Å²) in [6, 6.07) is 5.40. The van der Waals surface area contributed by atoms with Gasteiger partial charge in [0.2, 0.25) is 0 Å². The lowest BCUT2D eigenvalue weighted by molar-refractivity contribution is -0.147. The van der Waals surface area contributed by atoms with Gasteiger partial charge in [-0.15, -0.1) is 0 Å². The Morgan fingerprint density at radius 1 is 1.20 bits per heavy atom. The fourth-order valence-corrected chi connectivity index (χ4v) is 1.93. The van der Waals surface area contributed by atoms with E-state index < -0.39 is 12.7 Å². The van der Waals surface area contributed by atoms with Crippen LogP contribution in [0.15, 0.2) is 18.2 Å². The van der Waals surface area contributed by atoms with Crippen LogP contribution in [0.2, 0.25) is 0 Å². The van der Waals surface area contributed by atoms with Crippen LogP contribution >= 0.6 is 0 Å². The highest BCUT2D eigenvalue weighted by molar-refractivity contribution is 5.35. The number of rotatable bonds is 8. The molecule has 0 saturated heterocycles. The molecule has 0 spiro atoms. The Morgan fingerprint density at radius 3 is 2.55 bits per heavy atom. The zero-order valence-electron chi connectivity index (χ0n) is 12.0. The number of alkyl halides is 3. The zero-order valence-corrected chi connectivity index (χ0v) is 12.0. The van der Waals surface area contributed by atoms with E-state index in [0.717, 1.165) is 13.0 Å². The number of nitrogens with zero attached hydrogens (tertiary/aromatic N) is 2. The average molecular weight is 289 g/mol. The van der Waals surface area contributed by atoms with Crippen LogP contribution in [0.4, 0.5) is 19.0 Å². The first-order valence-corrected chi connectivity index (χ1v) is 6.93. The molecular weight excluding hydrogens is 267 g/mol. The second kappa shape index (κ2) is 8.09. The third-order valence-electron chi connectivity index (χ3n) is 2.69. The predicted octanol–water partition coefficient (Wildman–Crippen LogP) is 3.68. The van der Waals surface area contributed by atoms with Crippen molar-refractivity contribution in [1.29, 1.82) is 0 Å². The van der Waals surface area contributed by atoms with Crippen molar-refractivity contribution >= 4 is 5.82 Å². The van der Waals surface area contributed by atoms with Crippen LogP contribution < -0.4 is 5.32 Å². The van der Waals surface area contributed by atoms with Crippen molar-refractivity contribution in [3.8, 4) is 0 Å². The lowest BCUT2D eigenvalue weighted by Gasteiger charge is -2.22. The molecule has 0 radical (unpaired) electrons. The van der Waals surface area contributed by atoms with Crippen molar-refractivity contribution in [3.05, 3.63) is 23.9 Å². The lowest BCUT2D eigenvalue weighted by Crippen LogP contribution is -2.34. The predicted molar refractivity (Wildman–Crippen MR) is 74.6 cm³/mol. The Bertz CT molecular complexity index is 393. The van der Waals surface area contributed by atoms with E-state index in [4.69, 9.17) is 0 Å². The van der Waals surface area contributed by atoms with Crippen molar-refractivity contribution in [3.63, 3.8) is 0 Å². The van der Waals surface area contributed by atoms with Crippen LogP contribution in [0.25, 0.3) is 0 Å². The maximum Gasteiger partial charge on any atom is 0.401 e. The van der Waals surface area contributed by atoms with Crippen LogP contribution in [0.5, 0.6) is 0 Å². The average Bonchev–Trinajstić information content (AvgIpc) is 2.35. The molecule has 0 aromatic carbocycles. The van der Waals surface area contributed by atoms with E-state index >= 15 is 0 Å². The smallest absolute Gasteiger partial charge is 0.370 e. The first kappa shape index (κ1) is 16.8. The molecule has 1 aromatic heterocycles. The zero-order chi connectivity index (χ0) is 15.0. The van der Waals surface area contributed by atoms with Gasteiger partial charge in [0.25, 0.3) is 0 Å². The molecule has 6 heteroatoms. The largest absolute Gasteiger partial charge is 0.401 e. The molecule has 0 bridgehead atoms. The van der Waals surface area contributed by atoms with Gasteiger partial charge in [0.15, 0.2) is 0 Å². The standard InChI is InChI=1S/C14H22F3N3/c1-3-8-18-13-7-5-6-12(19-13)10-20(9-4-2)11-14(15,16)17/h5-7H,3-4,8-11H2,1-2H3,(H,18,19). The van der Waals surface area contributed by atoms with Gasteiger partial charge in [-0.2, -0.15) is 13.2 Å². The topological polar surface area (TPSA) is 28.2 Å². The molecule has 1 rings (SSSR count). The molecule has 0 fully saturated rings. The summed E-state index contributed by atoms with van der Waals surface area (Å²) < 4.78 is 37.5. The Hall–Kier alpha value is -1.30. The van der Waals surface area contributed by atoms with Gasteiger partial charge in [0.1, 0.15) is 5.82 Å². The van der Waals surface area contributed by atoms with Crippen molar-refractivity contribution < 1.29 is 13.2 Å². The number of anilines is 1. The van der Waals surface area contributed by atoms with Crippen LogP contribution in [0, 0.1) is 0 Å². The summed E-state index contributed by atoms with van der Waals surface area (Å²) in [5, 5.41) is 3.14. The fraction of sp³-hybridized carbons (Fsp3) is 0.643. The maximum atomic E-state index is 12.5. The third kappa shape index (κ3) is 6.75. The summed E-state index contributed by atoms with van der Waals surface area (Å²) in [7, 11) is 0. The molecule has 3 nitrogen and oxygen atoms in total. The summed E-state index contributed by atoms with van der Waals surface area (Å²) in [4.78, 5) is 5.72. The van der Waals surface area contributed by atoms with Gasteiger partial charge in [-0.3, -0.25) is 4.90 Å². The molecule has 114 valence electrons. The molecule has 1 heterocycles. The minimum absolute atomic E-state index is 0.217. The minimum Gasteiger partial charge on any atom is -0.370 e. The van der Waals surface area contributed by atoms with Crippen molar-refractivity contribution in [2.24, 2.45) is 0 Å². The molecule has 0 aliphatic heterocycles. The maximum absolute atomic E-state index is 12.5. The molecule has 0 saturated carbocycles. The minimum atomic E-state index is -4.17. The van der Waals surface area contributed by atoms with Gasteiger partial charge in [-0.1, -0.05) is 19.9 Å². The number of nitrogens with one attached hydrogen (secondary N) is 1. The van der Waals surface area contributed by atoms with E-state index in [0.29, 0.717) is 24.5 Å². The second-order valence-corrected chi connectivity index (χ2v) is 4.77. The molecule has 0 aliphatic rings. The second-order valence-electron chi connectivity index (χ2n) is 4.77. The van der Waals surface area contributed by atoms with Crippen molar-refractivity contribution in [1.82, 2.24) is 9.88 Å². The van der Waals surface area contributed by atoms with Crippen LogP contribution in [-0.4, -0.2) is 35.7 Å². The van der Waals surface area contributed by atoms with Crippen LogP contribution in [0.3, 0.4) is 0 Å². The first-order chi connectivity index (χ1) is 9.44. The van der Waals surface area contributed by atoms with Gasteiger partial charge >= 0.3 is 6.18 Å². The molecular formula is C14H22F3N3. The monoisotopic (exact) mass is 289 g/mol. The number of hydrogen-bond acceptors (Lipinski definition) is 3. The van der Waals surface area contributed by atoms with E-state index in [-0.39, 0.29) is 6.54 Å². The highest BCUT2D eigenvalue weighted by Gasteiger charge is 2.30. The van der Waals surface area contributed by atoms with E-state index in [9.17, 15) is 13.2 Å². The number of pyridine rings is 1. The quantitative estimate of drug-likeness (QED) is 0.791. The fourth-order valence-electron chi connectivity index (χ4n) is 1.93. The summed E-state index contributed by atoms with van der Waals surface area (Å²) in [5.74, 6) is 0.716.